The fourth-order valence-electron chi connectivity index (χ4n) is 2.06. The lowest BCUT2D eigenvalue weighted by Crippen LogP contribution is -2.27. The van der Waals surface area contributed by atoms with Crippen LogP contribution < -0.4 is 5.32 Å². The van der Waals surface area contributed by atoms with Gasteiger partial charge in [0.1, 0.15) is 5.69 Å². The van der Waals surface area contributed by atoms with Gasteiger partial charge in [0, 0.05) is 25.2 Å². The number of rotatable bonds is 5. The van der Waals surface area contributed by atoms with Crippen LogP contribution in [0.4, 0.5) is 0 Å². The zero-order valence-corrected chi connectivity index (χ0v) is 11.2. The second-order valence-electron chi connectivity index (χ2n) is 4.96. The van der Waals surface area contributed by atoms with E-state index in [1.165, 1.54) is 0 Å². The Morgan fingerprint density at radius 1 is 1.50 bits per heavy atom. The van der Waals surface area contributed by atoms with Crippen LogP contribution >= 0.6 is 0 Å². The minimum atomic E-state index is -0.0242. The van der Waals surface area contributed by atoms with E-state index in [1.54, 1.807) is 6.26 Å². The van der Waals surface area contributed by atoms with Gasteiger partial charge in [0.05, 0.1) is 11.8 Å². The standard InChI is InChI=1S/C14H20N2O2/c1-4-6-15-14(17)12-8-13-11(5-7-18-13)16(12)9-10(2)3/h5,7-8,10H,4,6,9H2,1-3H3,(H,15,17). The highest BCUT2D eigenvalue weighted by molar-refractivity contribution is 5.97. The van der Waals surface area contributed by atoms with Crippen LogP contribution in [0.25, 0.3) is 11.1 Å². The molecule has 0 fully saturated rings. The van der Waals surface area contributed by atoms with Gasteiger partial charge in [-0.1, -0.05) is 20.8 Å². The first-order chi connectivity index (χ1) is 8.63. The highest BCUT2D eigenvalue weighted by Gasteiger charge is 2.17. The van der Waals surface area contributed by atoms with Crippen molar-refractivity contribution in [2.24, 2.45) is 5.92 Å². The zero-order valence-electron chi connectivity index (χ0n) is 11.2. The lowest BCUT2D eigenvalue weighted by molar-refractivity contribution is 0.0944. The van der Waals surface area contributed by atoms with Gasteiger partial charge in [-0.3, -0.25) is 4.79 Å². The molecule has 0 aromatic carbocycles. The molecule has 4 nitrogen and oxygen atoms in total. The van der Waals surface area contributed by atoms with Crippen molar-refractivity contribution in [1.82, 2.24) is 9.88 Å². The molecule has 4 heteroatoms. The topological polar surface area (TPSA) is 47.2 Å². The number of furan rings is 1. The van der Waals surface area contributed by atoms with E-state index < -0.39 is 0 Å². The number of hydrogen-bond donors (Lipinski definition) is 1. The van der Waals surface area contributed by atoms with E-state index in [2.05, 4.69) is 19.2 Å². The number of hydrogen-bond acceptors (Lipinski definition) is 2. The molecule has 18 heavy (non-hydrogen) atoms. The van der Waals surface area contributed by atoms with Crippen LogP contribution in [0, 0.1) is 5.92 Å². The Morgan fingerprint density at radius 2 is 2.28 bits per heavy atom. The van der Waals surface area contributed by atoms with Gasteiger partial charge in [0.2, 0.25) is 0 Å². The van der Waals surface area contributed by atoms with Gasteiger partial charge in [-0.15, -0.1) is 0 Å². The van der Waals surface area contributed by atoms with Crippen LogP contribution in [-0.4, -0.2) is 17.0 Å². The number of fused-ring (bicyclic) bond motifs is 1. The van der Waals surface area contributed by atoms with Gasteiger partial charge in [-0.2, -0.15) is 0 Å². The SMILES string of the molecule is CCCNC(=O)c1cc2occc2n1CC(C)C. The summed E-state index contributed by atoms with van der Waals surface area (Å²) in [6.45, 7) is 7.84. The average Bonchev–Trinajstić information content (AvgIpc) is 2.88. The molecular weight excluding hydrogens is 228 g/mol. The number of amides is 1. The van der Waals surface area contributed by atoms with Gasteiger partial charge in [-0.25, -0.2) is 0 Å². The van der Waals surface area contributed by atoms with Gasteiger partial charge in [0.25, 0.3) is 5.91 Å². The minimum absolute atomic E-state index is 0.0242. The first-order valence-corrected chi connectivity index (χ1v) is 6.48. The number of carbonyl (C=O) groups is 1. The molecule has 98 valence electrons. The zero-order chi connectivity index (χ0) is 13.1. The highest BCUT2D eigenvalue weighted by Crippen LogP contribution is 2.22. The van der Waals surface area contributed by atoms with Gasteiger partial charge in [-0.05, 0) is 12.3 Å². The summed E-state index contributed by atoms with van der Waals surface area (Å²) in [6.07, 6.45) is 2.60. The van der Waals surface area contributed by atoms with Gasteiger partial charge >= 0.3 is 0 Å². The second kappa shape index (κ2) is 5.29. The third-order valence-electron chi connectivity index (χ3n) is 2.84. The minimum Gasteiger partial charge on any atom is -0.463 e. The summed E-state index contributed by atoms with van der Waals surface area (Å²) < 4.78 is 7.41. The van der Waals surface area contributed by atoms with E-state index in [4.69, 9.17) is 4.42 Å². The van der Waals surface area contributed by atoms with Crippen LogP contribution in [0.5, 0.6) is 0 Å². The maximum Gasteiger partial charge on any atom is 0.268 e. The first kappa shape index (κ1) is 12.7. The quantitative estimate of drug-likeness (QED) is 0.884. The van der Waals surface area contributed by atoms with Crippen LogP contribution in [0.1, 0.15) is 37.7 Å². The Kier molecular flexibility index (Phi) is 3.75. The van der Waals surface area contributed by atoms with Crippen LogP contribution in [0.3, 0.4) is 0 Å². The van der Waals surface area contributed by atoms with Crippen molar-refractivity contribution in [3.05, 3.63) is 24.1 Å². The number of nitrogens with zero attached hydrogens (tertiary/aromatic N) is 1. The van der Waals surface area contributed by atoms with Crippen LogP contribution in [0.2, 0.25) is 0 Å². The molecule has 0 bridgehead atoms. The molecule has 0 aliphatic heterocycles. The van der Waals surface area contributed by atoms with Gasteiger partial charge < -0.3 is 14.3 Å². The van der Waals surface area contributed by atoms with Crippen molar-refractivity contribution in [2.75, 3.05) is 6.54 Å². The summed E-state index contributed by atoms with van der Waals surface area (Å²) in [6, 6.07) is 3.73. The third-order valence-corrected chi connectivity index (χ3v) is 2.84. The monoisotopic (exact) mass is 248 g/mol. The van der Waals surface area contributed by atoms with E-state index in [0.717, 1.165) is 24.1 Å². The second-order valence-corrected chi connectivity index (χ2v) is 4.96. The molecule has 0 atom stereocenters. The molecular formula is C14H20N2O2. The predicted molar refractivity (Wildman–Crippen MR) is 71.7 cm³/mol. The van der Waals surface area contributed by atoms with Gasteiger partial charge in [0.15, 0.2) is 5.58 Å². The van der Waals surface area contributed by atoms with E-state index in [9.17, 15) is 4.79 Å². The normalized spacial score (nSPS) is 11.3. The lowest BCUT2D eigenvalue weighted by atomic mass is 10.2. The molecule has 0 aliphatic carbocycles. The molecule has 2 aromatic heterocycles. The molecule has 2 rings (SSSR count). The van der Waals surface area contributed by atoms with Crippen molar-refractivity contribution in [1.29, 1.82) is 0 Å². The molecule has 0 aliphatic rings. The number of carbonyl (C=O) groups excluding carboxylic acids is 1. The van der Waals surface area contributed by atoms with E-state index in [1.807, 2.05) is 23.6 Å². The predicted octanol–water partition coefficient (Wildman–Crippen LogP) is 3.03. The largest absolute Gasteiger partial charge is 0.463 e. The summed E-state index contributed by atoms with van der Waals surface area (Å²) in [5, 5.41) is 2.91. The summed E-state index contributed by atoms with van der Waals surface area (Å²) >= 11 is 0. The Balaban J connectivity index is 2.35. The Hall–Kier alpha value is -1.71. The van der Waals surface area contributed by atoms with Crippen molar-refractivity contribution < 1.29 is 9.21 Å². The molecule has 0 radical (unpaired) electrons. The van der Waals surface area contributed by atoms with Crippen LogP contribution in [0.15, 0.2) is 22.8 Å². The average molecular weight is 248 g/mol. The molecule has 0 unspecified atom stereocenters. The van der Waals surface area contributed by atoms with E-state index in [0.29, 0.717) is 18.2 Å². The first-order valence-electron chi connectivity index (χ1n) is 6.48. The smallest absolute Gasteiger partial charge is 0.268 e. The number of nitrogens with one attached hydrogen (secondary N) is 1. The molecule has 2 aromatic rings. The molecule has 1 N–H and O–H groups in total. The molecule has 0 spiro atoms. The van der Waals surface area contributed by atoms with E-state index >= 15 is 0 Å². The highest BCUT2D eigenvalue weighted by atomic mass is 16.3. The fraction of sp³-hybridized carbons (Fsp3) is 0.500. The maximum absolute atomic E-state index is 12.1. The fourth-order valence-corrected chi connectivity index (χ4v) is 2.06. The van der Waals surface area contributed by atoms with E-state index in [-0.39, 0.29) is 5.91 Å². The summed E-state index contributed by atoms with van der Waals surface area (Å²) in [5.41, 5.74) is 2.45. The lowest BCUT2D eigenvalue weighted by Gasteiger charge is -2.12. The molecule has 0 saturated carbocycles. The molecule has 2 heterocycles. The Morgan fingerprint density at radius 3 is 2.94 bits per heavy atom. The van der Waals surface area contributed by atoms with Crippen molar-refractivity contribution in [3.63, 3.8) is 0 Å². The van der Waals surface area contributed by atoms with Crippen LogP contribution in [-0.2, 0) is 6.54 Å². The molecule has 0 saturated heterocycles. The Labute approximate surface area is 107 Å². The third kappa shape index (κ3) is 2.42. The maximum atomic E-state index is 12.1. The van der Waals surface area contributed by atoms with Crippen molar-refractivity contribution in [3.8, 4) is 0 Å². The molecule has 1 amide bonds. The summed E-state index contributed by atoms with van der Waals surface area (Å²) in [5.74, 6) is 0.456. The van der Waals surface area contributed by atoms with Crippen molar-refractivity contribution in [2.45, 2.75) is 33.7 Å². The van der Waals surface area contributed by atoms with Crippen molar-refractivity contribution >= 4 is 17.0 Å². The summed E-state index contributed by atoms with van der Waals surface area (Å²) in [4.78, 5) is 12.1. The summed E-state index contributed by atoms with van der Waals surface area (Å²) in [7, 11) is 0. The number of aromatic nitrogens is 1. The Bertz CT molecular complexity index is 537.